The Hall–Kier alpha value is -3.19. The number of hydrogen-bond donors (Lipinski definition) is 2. The molecule has 1 aliphatic heterocycles. The second kappa shape index (κ2) is 7.50. The van der Waals surface area contributed by atoms with Crippen LogP contribution in [0.1, 0.15) is 28.4 Å². The van der Waals surface area contributed by atoms with Crippen molar-refractivity contribution in [2.24, 2.45) is 5.14 Å². The average Bonchev–Trinajstić information content (AvgIpc) is 3.27. The van der Waals surface area contributed by atoms with Gasteiger partial charge < -0.3 is 4.90 Å². The second-order valence-corrected chi connectivity index (χ2v) is 8.30. The standard InChI is InChI=1S/C18H15F4N5O3S/c19-9-1-2-13(21)11(5-9)15-6-10(20)8-26(15)14-3-4-27-17(16(14)22)12(7-24-27)18(28)25-31(23,29)30/h1-5,7,10,15H,6,8H2,(H,25,28)(H2,23,29,30)/t10-,15?/m0/s1. The van der Waals surface area contributed by atoms with Crippen molar-refractivity contribution in [1.82, 2.24) is 14.3 Å². The van der Waals surface area contributed by atoms with Crippen LogP contribution in [0, 0.1) is 17.5 Å². The summed E-state index contributed by atoms with van der Waals surface area (Å²) in [7, 11) is -4.41. The van der Waals surface area contributed by atoms with Crippen molar-refractivity contribution < 1.29 is 30.8 Å². The van der Waals surface area contributed by atoms with E-state index in [-0.39, 0.29) is 29.7 Å². The van der Waals surface area contributed by atoms with Crippen LogP contribution in [0.2, 0.25) is 0 Å². The number of rotatable bonds is 4. The van der Waals surface area contributed by atoms with Crippen LogP contribution in [-0.2, 0) is 10.2 Å². The molecule has 1 aliphatic rings. The molecule has 1 aromatic carbocycles. The van der Waals surface area contributed by atoms with Gasteiger partial charge in [-0.05, 0) is 24.3 Å². The number of carbonyl (C=O) groups is 1. The third kappa shape index (κ3) is 3.93. The molecule has 3 N–H and O–H groups in total. The van der Waals surface area contributed by atoms with Crippen LogP contribution in [0.5, 0.6) is 0 Å². The fourth-order valence-electron chi connectivity index (χ4n) is 3.72. The maximum Gasteiger partial charge on any atom is 0.298 e. The zero-order chi connectivity index (χ0) is 22.5. The number of benzene rings is 1. The van der Waals surface area contributed by atoms with Gasteiger partial charge in [0.2, 0.25) is 0 Å². The summed E-state index contributed by atoms with van der Waals surface area (Å²) in [6.45, 7) is -0.305. The van der Waals surface area contributed by atoms with Crippen molar-refractivity contribution in [2.45, 2.75) is 18.6 Å². The Morgan fingerprint density at radius 2 is 1.97 bits per heavy atom. The lowest BCUT2D eigenvalue weighted by molar-refractivity contribution is 0.0982. The molecule has 0 saturated carbocycles. The number of carbonyl (C=O) groups excluding carboxylic acids is 1. The minimum atomic E-state index is -4.41. The number of aromatic nitrogens is 2. The van der Waals surface area contributed by atoms with Gasteiger partial charge in [0, 0.05) is 24.7 Å². The summed E-state index contributed by atoms with van der Waals surface area (Å²) in [4.78, 5) is 13.4. The molecule has 2 atom stereocenters. The van der Waals surface area contributed by atoms with Gasteiger partial charge in [-0.3, -0.25) is 4.79 Å². The normalized spacial score (nSPS) is 19.2. The molecule has 4 rings (SSSR count). The van der Waals surface area contributed by atoms with Crippen molar-refractivity contribution >= 4 is 27.3 Å². The number of alkyl halides is 1. The molecular formula is C18H15F4N5O3S. The Bertz CT molecular complexity index is 1300. The third-order valence-electron chi connectivity index (χ3n) is 4.96. The maximum atomic E-state index is 15.5. The highest BCUT2D eigenvalue weighted by atomic mass is 32.2. The van der Waals surface area contributed by atoms with Crippen LogP contribution in [0.3, 0.4) is 0 Å². The summed E-state index contributed by atoms with van der Waals surface area (Å²) >= 11 is 0. The molecule has 164 valence electrons. The molecular weight excluding hydrogens is 442 g/mol. The molecule has 0 bridgehead atoms. The van der Waals surface area contributed by atoms with Crippen molar-refractivity contribution in [3.63, 3.8) is 0 Å². The molecule has 3 heterocycles. The molecule has 1 amide bonds. The Balaban J connectivity index is 1.81. The van der Waals surface area contributed by atoms with Crippen molar-refractivity contribution in [3.8, 4) is 0 Å². The number of nitrogens with zero attached hydrogens (tertiary/aromatic N) is 3. The lowest BCUT2D eigenvalue weighted by Gasteiger charge is -2.27. The number of nitrogens with two attached hydrogens (primary N) is 1. The summed E-state index contributed by atoms with van der Waals surface area (Å²) in [6, 6.07) is 2.98. The predicted octanol–water partition coefficient (Wildman–Crippen LogP) is 1.97. The van der Waals surface area contributed by atoms with Crippen molar-refractivity contribution in [2.75, 3.05) is 11.4 Å². The Morgan fingerprint density at radius 3 is 2.68 bits per heavy atom. The number of fused-ring (bicyclic) bond motifs is 1. The zero-order valence-electron chi connectivity index (χ0n) is 15.6. The summed E-state index contributed by atoms with van der Waals surface area (Å²) in [5, 5.41) is 8.58. The van der Waals surface area contributed by atoms with E-state index in [1.54, 1.807) is 0 Å². The van der Waals surface area contributed by atoms with E-state index >= 15 is 4.39 Å². The lowest BCUT2D eigenvalue weighted by Crippen LogP contribution is -2.36. The highest BCUT2D eigenvalue weighted by Crippen LogP contribution is 2.40. The number of pyridine rings is 1. The SMILES string of the molecule is NS(=O)(=O)NC(=O)c1cnn2ccc(N3C[C@@H](F)CC3c3cc(F)ccc3F)c(F)c12. The molecule has 31 heavy (non-hydrogen) atoms. The van der Waals surface area contributed by atoms with E-state index in [0.29, 0.717) is 0 Å². The largest absolute Gasteiger partial charge is 0.359 e. The van der Waals surface area contributed by atoms with Crippen molar-refractivity contribution in [1.29, 1.82) is 0 Å². The van der Waals surface area contributed by atoms with Gasteiger partial charge in [-0.2, -0.15) is 13.5 Å². The van der Waals surface area contributed by atoms with Crippen LogP contribution in [-0.4, -0.2) is 36.7 Å². The first-order valence-corrected chi connectivity index (χ1v) is 10.5. The molecule has 0 radical (unpaired) electrons. The highest BCUT2D eigenvalue weighted by Gasteiger charge is 2.37. The van der Waals surface area contributed by atoms with Gasteiger partial charge in [-0.25, -0.2) is 31.9 Å². The quantitative estimate of drug-likeness (QED) is 0.583. The Morgan fingerprint density at radius 1 is 1.23 bits per heavy atom. The molecule has 13 heteroatoms. The minimum absolute atomic E-state index is 0.139. The van der Waals surface area contributed by atoms with E-state index in [0.717, 1.165) is 28.9 Å². The average molecular weight is 457 g/mol. The maximum absolute atomic E-state index is 15.5. The van der Waals surface area contributed by atoms with Gasteiger partial charge in [-0.1, -0.05) is 0 Å². The minimum Gasteiger partial charge on any atom is -0.359 e. The van der Waals surface area contributed by atoms with Crippen molar-refractivity contribution in [3.05, 3.63) is 65.2 Å². The molecule has 1 unspecified atom stereocenters. The van der Waals surface area contributed by atoms with Crippen LogP contribution in [0.4, 0.5) is 23.2 Å². The first-order chi connectivity index (χ1) is 14.5. The molecule has 2 aromatic heterocycles. The predicted molar refractivity (Wildman–Crippen MR) is 102 cm³/mol. The molecule has 1 fully saturated rings. The molecule has 1 saturated heterocycles. The number of halogens is 4. The zero-order valence-corrected chi connectivity index (χ0v) is 16.4. The first kappa shape index (κ1) is 21.1. The number of anilines is 1. The summed E-state index contributed by atoms with van der Waals surface area (Å²) in [5.74, 6) is -3.74. The molecule has 8 nitrogen and oxygen atoms in total. The monoisotopic (exact) mass is 457 g/mol. The second-order valence-electron chi connectivity index (χ2n) is 7.01. The van der Waals surface area contributed by atoms with Gasteiger partial charge in [0.1, 0.15) is 23.3 Å². The molecule has 0 aliphatic carbocycles. The van der Waals surface area contributed by atoms with Crippen LogP contribution >= 0.6 is 0 Å². The first-order valence-electron chi connectivity index (χ1n) is 8.91. The van der Waals surface area contributed by atoms with E-state index < -0.39 is 51.3 Å². The van der Waals surface area contributed by atoms with Gasteiger partial charge in [0.05, 0.1) is 23.5 Å². The molecule has 0 spiro atoms. The van der Waals surface area contributed by atoms with Crippen LogP contribution < -0.4 is 14.8 Å². The van der Waals surface area contributed by atoms with E-state index in [4.69, 9.17) is 5.14 Å². The van der Waals surface area contributed by atoms with E-state index in [9.17, 15) is 26.4 Å². The Labute approximate surface area is 173 Å². The Kier molecular flexibility index (Phi) is 5.09. The lowest BCUT2D eigenvalue weighted by atomic mass is 10.0. The number of amides is 1. The molecule has 3 aromatic rings. The number of nitrogens with one attached hydrogen (secondary N) is 1. The van der Waals surface area contributed by atoms with Gasteiger partial charge in [-0.15, -0.1) is 0 Å². The summed E-state index contributed by atoms with van der Waals surface area (Å²) in [6.07, 6.45) is 0.557. The van der Waals surface area contributed by atoms with Crippen LogP contribution in [0.15, 0.2) is 36.7 Å². The van der Waals surface area contributed by atoms with E-state index in [1.807, 2.05) is 0 Å². The van der Waals surface area contributed by atoms with Crippen LogP contribution in [0.25, 0.3) is 5.52 Å². The third-order valence-corrected chi connectivity index (χ3v) is 5.43. The number of hydrogen-bond acceptors (Lipinski definition) is 5. The topological polar surface area (TPSA) is 110 Å². The fourth-order valence-corrected chi connectivity index (χ4v) is 4.09. The van der Waals surface area contributed by atoms with Gasteiger partial charge in [0.25, 0.3) is 16.1 Å². The van der Waals surface area contributed by atoms with Gasteiger partial charge in [0.15, 0.2) is 5.82 Å². The van der Waals surface area contributed by atoms with E-state index in [2.05, 4.69) is 5.10 Å². The van der Waals surface area contributed by atoms with Gasteiger partial charge >= 0.3 is 0 Å². The summed E-state index contributed by atoms with van der Waals surface area (Å²) in [5.41, 5.74) is -1.15. The fraction of sp³-hybridized carbons (Fsp3) is 0.222. The smallest absolute Gasteiger partial charge is 0.298 e. The van der Waals surface area contributed by atoms with E-state index in [1.165, 1.54) is 21.9 Å². The highest BCUT2D eigenvalue weighted by molar-refractivity contribution is 7.87. The summed E-state index contributed by atoms with van der Waals surface area (Å²) < 4.78 is 82.5.